The first-order valence-corrected chi connectivity index (χ1v) is 2.75. The lowest BCUT2D eigenvalue weighted by Crippen LogP contribution is -2.20. The molecule has 0 aliphatic rings. The van der Waals surface area contributed by atoms with E-state index in [1.807, 2.05) is 0 Å². The molecule has 0 heterocycles. The Hall–Kier alpha value is -1.13. The van der Waals surface area contributed by atoms with Crippen LogP contribution in [0.25, 0.3) is 0 Å². The number of allylic oxidation sites excluding steroid dienone is 1. The van der Waals surface area contributed by atoms with Crippen molar-refractivity contribution < 1.29 is 13.2 Å². The van der Waals surface area contributed by atoms with Gasteiger partial charge in [0.05, 0.1) is 0 Å². The molecule has 0 atom stereocenters. The van der Waals surface area contributed by atoms with Crippen molar-refractivity contribution in [2.75, 3.05) is 0 Å². The SMILES string of the molecule is C=NC(=N/C=C\C)C(F)(F)F. The zero-order chi connectivity index (χ0) is 8.91. The first-order chi connectivity index (χ1) is 5.02. The predicted octanol–water partition coefficient (Wildman–Crippen LogP) is 2.18. The van der Waals surface area contributed by atoms with Crippen LogP contribution in [-0.2, 0) is 0 Å². The van der Waals surface area contributed by atoms with E-state index < -0.39 is 12.0 Å². The molecule has 11 heavy (non-hydrogen) atoms. The summed E-state index contributed by atoms with van der Waals surface area (Å²) in [6.07, 6.45) is -2.13. The van der Waals surface area contributed by atoms with E-state index in [0.29, 0.717) is 0 Å². The lowest BCUT2D eigenvalue weighted by atomic mass is 10.6. The fourth-order valence-electron chi connectivity index (χ4n) is 0.349. The fourth-order valence-corrected chi connectivity index (χ4v) is 0.349. The van der Waals surface area contributed by atoms with E-state index in [0.717, 1.165) is 6.20 Å². The van der Waals surface area contributed by atoms with Gasteiger partial charge in [-0.05, 0) is 13.6 Å². The van der Waals surface area contributed by atoms with Crippen LogP contribution in [0.3, 0.4) is 0 Å². The van der Waals surface area contributed by atoms with Crippen molar-refractivity contribution in [1.82, 2.24) is 0 Å². The number of hydrogen-bond donors (Lipinski definition) is 0. The van der Waals surface area contributed by atoms with Gasteiger partial charge in [0.2, 0.25) is 5.84 Å². The Morgan fingerprint density at radius 2 is 2.00 bits per heavy atom. The monoisotopic (exact) mass is 164 g/mol. The first-order valence-electron chi connectivity index (χ1n) is 2.75. The molecule has 0 fully saturated rings. The van der Waals surface area contributed by atoms with Crippen LogP contribution in [0, 0.1) is 0 Å². The van der Waals surface area contributed by atoms with E-state index in [2.05, 4.69) is 16.7 Å². The number of aliphatic imine (C=N–C) groups is 2. The third kappa shape index (κ3) is 3.54. The second kappa shape index (κ2) is 3.90. The topological polar surface area (TPSA) is 24.7 Å². The van der Waals surface area contributed by atoms with Crippen molar-refractivity contribution in [3.63, 3.8) is 0 Å². The van der Waals surface area contributed by atoms with E-state index in [1.54, 1.807) is 6.92 Å². The summed E-state index contributed by atoms with van der Waals surface area (Å²) in [4.78, 5) is 5.73. The first kappa shape index (κ1) is 9.87. The minimum atomic E-state index is -4.51. The normalized spacial score (nSPS) is 14.0. The number of rotatable bonds is 1. The Bertz CT molecular complexity index is 190. The van der Waals surface area contributed by atoms with Gasteiger partial charge in [0.25, 0.3) is 0 Å². The maximum Gasteiger partial charge on any atom is 0.451 e. The highest BCUT2D eigenvalue weighted by atomic mass is 19.4. The van der Waals surface area contributed by atoms with E-state index in [-0.39, 0.29) is 0 Å². The van der Waals surface area contributed by atoms with Gasteiger partial charge in [-0.25, -0.2) is 9.98 Å². The molecule has 0 aromatic heterocycles. The summed E-state index contributed by atoms with van der Waals surface area (Å²) in [6, 6.07) is 0. The second-order valence-corrected chi connectivity index (χ2v) is 1.59. The maximum atomic E-state index is 11.7. The van der Waals surface area contributed by atoms with Crippen LogP contribution >= 0.6 is 0 Å². The predicted molar refractivity (Wildman–Crippen MR) is 37.9 cm³/mol. The number of halogens is 3. The molecule has 2 nitrogen and oxygen atoms in total. The average Bonchev–Trinajstić information content (AvgIpc) is 1.87. The van der Waals surface area contributed by atoms with Crippen LogP contribution in [0.15, 0.2) is 22.3 Å². The third-order valence-electron chi connectivity index (χ3n) is 0.749. The fraction of sp³-hybridized carbons (Fsp3) is 0.333. The van der Waals surface area contributed by atoms with Crippen LogP contribution in [0.5, 0.6) is 0 Å². The van der Waals surface area contributed by atoms with Gasteiger partial charge in [0.1, 0.15) is 0 Å². The minimum Gasteiger partial charge on any atom is -0.241 e. The van der Waals surface area contributed by atoms with Gasteiger partial charge >= 0.3 is 6.18 Å². The molecule has 0 aromatic carbocycles. The molecule has 62 valence electrons. The van der Waals surface area contributed by atoms with Gasteiger partial charge < -0.3 is 0 Å². The van der Waals surface area contributed by atoms with E-state index in [9.17, 15) is 13.2 Å². The Balaban J connectivity index is 4.53. The van der Waals surface area contributed by atoms with Crippen molar-refractivity contribution >= 4 is 12.6 Å². The van der Waals surface area contributed by atoms with Crippen molar-refractivity contribution in [3.8, 4) is 0 Å². The minimum absolute atomic E-state index is 1.01. The summed E-state index contributed by atoms with van der Waals surface area (Å²) in [5.74, 6) is -1.23. The molecular formula is C6H7F3N2. The second-order valence-electron chi connectivity index (χ2n) is 1.59. The summed E-state index contributed by atoms with van der Waals surface area (Å²) >= 11 is 0. The van der Waals surface area contributed by atoms with Crippen LogP contribution in [0.2, 0.25) is 0 Å². The number of nitrogens with zero attached hydrogens (tertiary/aromatic N) is 2. The lowest BCUT2D eigenvalue weighted by molar-refractivity contribution is -0.0596. The molecule has 0 unspecified atom stereocenters. The Morgan fingerprint density at radius 1 is 1.45 bits per heavy atom. The van der Waals surface area contributed by atoms with Gasteiger partial charge in [-0.3, -0.25) is 0 Å². The van der Waals surface area contributed by atoms with Crippen molar-refractivity contribution in [1.29, 1.82) is 0 Å². The van der Waals surface area contributed by atoms with Gasteiger partial charge in [-0.2, -0.15) is 13.2 Å². The molecule has 0 aliphatic carbocycles. The molecule has 0 saturated carbocycles. The Labute approximate surface area is 62.2 Å². The van der Waals surface area contributed by atoms with Crippen molar-refractivity contribution in [2.24, 2.45) is 9.98 Å². The quantitative estimate of drug-likeness (QED) is 0.419. The molecule has 0 spiro atoms. The Morgan fingerprint density at radius 3 is 2.27 bits per heavy atom. The Kier molecular flexibility index (Phi) is 3.50. The summed E-state index contributed by atoms with van der Waals surface area (Å²) in [5, 5.41) is 0. The van der Waals surface area contributed by atoms with Crippen molar-refractivity contribution in [3.05, 3.63) is 12.3 Å². The van der Waals surface area contributed by atoms with Crippen LogP contribution in [-0.4, -0.2) is 18.7 Å². The van der Waals surface area contributed by atoms with Gasteiger partial charge in [0, 0.05) is 6.20 Å². The highest BCUT2D eigenvalue weighted by Crippen LogP contribution is 2.17. The summed E-state index contributed by atoms with van der Waals surface area (Å²) < 4.78 is 35.2. The largest absolute Gasteiger partial charge is 0.451 e. The molecule has 0 aromatic rings. The third-order valence-corrected chi connectivity index (χ3v) is 0.749. The molecule has 0 N–H and O–H groups in total. The standard InChI is InChI=1S/C6H7F3N2/c1-3-4-11-5(10-2)6(7,8)9/h3-4H,2H2,1H3/b4-3-,11-5?. The van der Waals surface area contributed by atoms with Crippen LogP contribution < -0.4 is 0 Å². The smallest absolute Gasteiger partial charge is 0.241 e. The van der Waals surface area contributed by atoms with Gasteiger partial charge in [0.15, 0.2) is 0 Å². The lowest BCUT2D eigenvalue weighted by Gasteiger charge is -2.02. The molecule has 0 rings (SSSR count). The molecule has 0 bridgehead atoms. The van der Waals surface area contributed by atoms with Crippen molar-refractivity contribution in [2.45, 2.75) is 13.1 Å². The summed E-state index contributed by atoms with van der Waals surface area (Å²) in [6.45, 7) is 4.30. The van der Waals surface area contributed by atoms with E-state index >= 15 is 0 Å². The average molecular weight is 164 g/mol. The summed E-state index contributed by atoms with van der Waals surface area (Å²) in [5.41, 5.74) is 0. The highest BCUT2D eigenvalue weighted by Gasteiger charge is 2.34. The molecule has 0 aliphatic heterocycles. The highest BCUT2D eigenvalue weighted by molar-refractivity contribution is 5.91. The maximum absolute atomic E-state index is 11.7. The molecule has 0 amide bonds. The number of alkyl halides is 3. The van der Waals surface area contributed by atoms with E-state index in [1.165, 1.54) is 6.08 Å². The zero-order valence-corrected chi connectivity index (χ0v) is 5.89. The number of hydrogen-bond acceptors (Lipinski definition) is 1. The van der Waals surface area contributed by atoms with Crippen LogP contribution in [0.4, 0.5) is 13.2 Å². The molecule has 0 radical (unpaired) electrons. The van der Waals surface area contributed by atoms with Gasteiger partial charge in [-0.15, -0.1) is 0 Å². The molecular weight excluding hydrogens is 157 g/mol. The molecule has 5 heteroatoms. The van der Waals surface area contributed by atoms with Gasteiger partial charge in [-0.1, -0.05) is 6.08 Å². The zero-order valence-electron chi connectivity index (χ0n) is 5.89. The molecule has 0 saturated heterocycles. The number of amidine groups is 1. The summed E-state index contributed by atoms with van der Waals surface area (Å²) in [7, 11) is 0. The van der Waals surface area contributed by atoms with E-state index in [4.69, 9.17) is 0 Å². The van der Waals surface area contributed by atoms with Crippen LogP contribution in [0.1, 0.15) is 6.92 Å².